The molecule has 1 saturated heterocycles. The molecule has 1 fully saturated rings. The summed E-state index contributed by atoms with van der Waals surface area (Å²) in [5.41, 5.74) is 1.68. The highest BCUT2D eigenvalue weighted by molar-refractivity contribution is 6.31. The fourth-order valence-corrected chi connectivity index (χ4v) is 3.65. The number of nitrogens with one attached hydrogen (secondary N) is 1. The molecule has 6 nitrogen and oxygen atoms in total. The first-order valence-electron chi connectivity index (χ1n) is 8.81. The number of rotatable bonds is 7. The lowest BCUT2D eigenvalue weighted by molar-refractivity contribution is -0.129. The van der Waals surface area contributed by atoms with Gasteiger partial charge in [-0.15, -0.1) is 0 Å². The Morgan fingerprint density at radius 3 is 2.85 bits per heavy atom. The zero-order valence-corrected chi connectivity index (χ0v) is 15.9. The normalized spacial score (nSPS) is 19.3. The monoisotopic (exact) mass is 387 g/mol. The molecule has 1 aliphatic rings. The van der Waals surface area contributed by atoms with E-state index in [1.54, 1.807) is 30.5 Å². The minimum atomic E-state index is -0.508. The number of hydrogen-bond donors (Lipinski definition) is 1. The van der Waals surface area contributed by atoms with Crippen molar-refractivity contribution in [3.05, 3.63) is 64.9 Å². The topological polar surface area (TPSA) is 71.5 Å². The molecular formula is C20H22ClN3O3. The van der Waals surface area contributed by atoms with Gasteiger partial charge in [0.1, 0.15) is 0 Å². The number of amides is 2. The second-order valence-electron chi connectivity index (χ2n) is 6.44. The highest BCUT2D eigenvalue weighted by Gasteiger charge is 2.44. The maximum Gasteiger partial charge on any atom is 0.226 e. The summed E-state index contributed by atoms with van der Waals surface area (Å²) >= 11 is 6.39. The van der Waals surface area contributed by atoms with Crippen LogP contribution in [0.1, 0.15) is 23.6 Å². The Morgan fingerprint density at radius 1 is 1.33 bits per heavy atom. The molecule has 2 heterocycles. The van der Waals surface area contributed by atoms with E-state index >= 15 is 0 Å². The molecule has 1 aromatic carbocycles. The van der Waals surface area contributed by atoms with Crippen molar-refractivity contribution in [2.75, 3.05) is 20.3 Å². The summed E-state index contributed by atoms with van der Waals surface area (Å²) < 4.78 is 5.13. The van der Waals surface area contributed by atoms with Gasteiger partial charge >= 0.3 is 0 Å². The molecule has 1 N–H and O–H groups in total. The maximum absolute atomic E-state index is 12.9. The van der Waals surface area contributed by atoms with E-state index in [0.29, 0.717) is 24.7 Å². The molecule has 1 aliphatic heterocycles. The van der Waals surface area contributed by atoms with Gasteiger partial charge in [0.15, 0.2) is 0 Å². The number of benzene rings is 1. The summed E-state index contributed by atoms with van der Waals surface area (Å²) in [5.74, 6) is -0.749. The number of ether oxygens (including phenoxy) is 1. The van der Waals surface area contributed by atoms with Crippen molar-refractivity contribution >= 4 is 23.4 Å². The van der Waals surface area contributed by atoms with Gasteiger partial charge in [0.05, 0.1) is 18.6 Å². The molecule has 3 rings (SSSR count). The van der Waals surface area contributed by atoms with Crippen molar-refractivity contribution in [2.45, 2.75) is 19.0 Å². The third-order valence-electron chi connectivity index (χ3n) is 4.72. The Hall–Kier alpha value is -2.44. The summed E-state index contributed by atoms with van der Waals surface area (Å²) in [7, 11) is 1.59. The van der Waals surface area contributed by atoms with Gasteiger partial charge < -0.3 is 15.0 Å². The lowest BCUT2D eigenvalue weighted by Crippen LogP contribution is -2.36. The third kappa shape index (κ3) is 4.46. The van der Waals surface area contributed by atoms with Crippen LogP contribution in [-0.2, 0) is 20.9 Å². The number of carbonyl (C=O) groups is 2. The SMILES string of the molecule is COCCN1C(=O)C[C@@H](C(=O)NCc2cccnc2)[C@@H]1c1ccccc1Cl. The van der Waals surface area contributed by atoms with E-state index in [4.69, 9.17) is 16.3 Å². The van der Waals surface area contributed by atoms with Crippen molar-refractivity contribution in [1.29, 1.82) is 0 Å². The highest BCUT2D eigenvalue weighted by atomic mass is 35.5. The first-order chi connectivity index (χ1) is 13.1. The summed E-state index contributed by atoms with van der Waals surface area (Å²) in [6, 6.07) is 10.6. The van der Waals surface area contributed by atoms with Crippen LogP contribution in [0.15, 0.2) is 48.8 Å². The predicted molar refractivity (Wildman–Crippen MR) is 102 cm³/mol. The van der Waals surface area contributed by atoms with E-state index in [1.807, 2.05) is 30.3 Å². The van der Waals surface area contributed by atoms with Crippen LogP contribution in [0.25, 0.3) is 0 Å². The molecule has 27 heavy (non-hydrogen) atoms. The minimum absolute atomic E-state index is 0.0708. The van der Waals surface area contributed by atoms with Crippen molar-refractivity contribution < 1.29 is 14.3 Å². The number of pyridine rings is 1. The largest absolute Gasteiger partial charge is 0.383 e. The van der Waals surface area contributed by atoms with Gasteiger partial charge in [-0.2, -0.15) is 0 Å². The molecule has 2 amide bonds. The first-order valence-corrected chi connectivity index (χ1v) is 9.19. The van der Waals surface area contributed by atoms with Gasteiger partial charge in [-0.05, 0) is 23.3 Å². The quantitative estimate of drug-likeness (QED) is 0.792. The molecule has 2 atom stereocenters. The van der Waals surface area contributed by atoms with Crippen molar-refractivity contribution in [3.63, 3.8) is 0 Å². The average Bonchev–Trinajstić information content (AvgIpc) is 3.02. The second-order valence-corrected chi connectivity index (χ2v) is 6.84. The van der Waals surface area contributed by atoms with Crippen molar-refractivity contribution in [3.8, 4) is 0 Å². The smallest absolute Gasteiger partial charge is 0.226 e. The zero-order valence-electron chi connectivity index (χ0n) is 15.1. The van der Waals surface area contributed by atoms with Gasteiger partial charge in [-0.1, -0.05) is 35.9 Å². The Labute approximate surface area is 163 Å². The van der Waals surface area contributed by atoms with E-state index in [1.165, 1.54) is 0 Å². The Bertz CT molecular complexity index is 800. The number of methoxy groups -OCH3 is 1. The van der Waals surface area contributed by atoms with Gasteiger partial charge in [-0.25, -0.2) is 0 Å². The predicted octanol–water partition coefficient (Wildman–Crippen LogP) is 2.59. The Balaban J connectivity index is 1.82. The molecule has 0 bridgehead atoms. The van der Waals surface area contributed by atoms with E-state index < -0.39 is 12.0 Å². The van der Waals surface area contributed by atoms with Gasteiger partial charge in [0, 0.05) is 44.0 Å². The van der Waals surface area contributed by atoms with E-state index in [2.05, 4.69) is 10.3 Å². The van der Waals surface area contributed by atoms with E-state index in [-0.39, 0.29) is 18.2 Å². The molecule has 2 aromatic rings. The van der Waals surface area contributed by atoms with Crippen LogP contribution in [0.2, 0.25) is 5.02 Å². The van der Waals surface area contributed by atoms with Gasteiger partial charge in [0.2, 0.25) is 11.8 Å². The number of aromatic nitrogens is 1. The number of hydrogen-bond acceptors (Lipinski definition) is 4. The summed E-state index contributed by atoms with van der Waals surface area (Å²) in [6.45, 7) is 1.18. The molecule has 0 aliphatic carbocycles. The van der Waals surface area contributed by atoms with Crippen LogP contribution >= 0.6 is 11.6 Å². The molecule has 0 radical (unpaired) electrons. The van der Waals surface area contributed by atoms with E-state index in [0.717, 1.165) is 11.1 Å². The lowest BCUT2D eigenvalue weighted by Gasteiger charge is -2.28. The van der Waals surface area contributed by atoms with Crippen LogP contribution in [-0.4, -0.2) is 42.0 Å². The van der Waals surface area contributed by atoms with Crippen LogP contribution in [0.3, 0.4) is 0 Å². The van der Waals surface area contributed by atoms with Crippen LogP contribution in [0.4, 0.5) is 0 Å². The van der Waals surface area contributed by atoms with Crippen molar-refractivity contribution in [2.24, 2.45) is 5.92 Å². The molecule has 0 spiro atoms. The maximum atomic E-state index is 12.9. The number of carbonyl (C=O) groups excluding carboxylic acids is 2. The molecule has 1 aromatic heterocycles. The molecule has 0 saturated carbocycles. The lowest BCUT2D eigenvalue weighted by atomic mass is 9.92. The van der Waals surface area contributed by atoms with E-state index in [9.17, 15) is 9.59 Å². The molecule has 0 unspecified atom stereocenters. The number of likely N-dealkylation sites (tertiary alicyclic amines) is 1. The number of halogens is 1. The average molecular weight is 388 g/mol. The van der Waals surface area contributed by atoms with Crippen LogP contribution in [0, 0.1) is 5.92 Å². The summed E-state index contributed by atoms with van der Waals surface area (Å²) in [4.78, 5) is 31.2. The second kappa shape index (κ2) is 8.97. The fourth-order valence-electron chi connectivity index (χ4n) is 3.40. The zero-order chi connectivity index (χ0) is 19.2. The molecular weight excluding hydrogens is 366 g/mol. The first kappa shape index (κ1) is 19.3. The molecule has 142 valence electrons. The van der Waals surface area contributed by atoms with Crippen LogP contribution in [0.5, 0.6) is 0 Å². The third-order valence-corrected chi connectivity index (χ3v) is 5.06. The fraction of sp³-hybridized carbons (Fsp3) is 0.350. The Kier molecular flexibility index (Phi) is 6.42. The summed E-state index contributed by atoms with van der Waals surface area (Å²) in [6.07, 6.45) is 3.54. The van der Waals surface area contributed by atoms with Gasteiger partial charge in [-0.3, -0.25) is 14.6 Å². The Morgan fingerprint density at radius 2 is 2.15 bits per heavy atom. The van der Waals surface area contributed by atoms with Crippen molar-refractivity contribution in [1.82, 2.24) is 15.2 Å². The molecule has 7 heteroatoms. The van der Waals surface area contributed by atoms with Gasteiger partial charge in [0.25, 0.3) is 0 Å². The summed E-state index contributed by atoms with van der Waals surface area (Å²) in [5, 5.41) is 3.47. The number of nitrogens with zero attached hydrogens (tertiary/aromatic N) is 2. The standard InChI is InChI=1S/C20H22ClN3O3/c1-27-10-9-24-18(25)11-16(19(24)15-6-2-3-7-17(15)21)20(26)23-13-14-5-4-8-22-12-14/h2-8,12,16,19H,9-11,13H2,1H3,(H,23,26)/t16-,19+/m1/s1. The van der Waals surface area contributed by atoms with Crippen LogP contribution < -0.4 is 5.32 Å². The highest BCUT2D eigenvalue weighted by Crippen LogP contribution is 2.40. The minimum Gasteiger partial charge on any atom is -0.383 e.